The van der Waals surface area contributed by atoms with Crippen LogP contribution in [0.15, 0.2) is 24.3 Å². The Bertz CT molecular complexity index is 532. The molecule has 1 unspecified atom stereocenters. The van der Waals surface area contributed by atoms with E-state index in [1.807, 2.05) is 30.2 Å². The van der Waals surface area contributed by atoms with E-state index in [9.17, 15) is 4.79 Å². The monoisotopic (exact) mass is 199 g/mol. The van der Waals surface area contributed by atoms with Gasteiger partial charge in [0.05, 0.1) is 6.04 Å². The molecule has 1 saturated heterocycles. The molecule has 0 N–H and O–H groups in total. The Morgan fingerprint density at radius 2 is 2.00 bits per heavy atom. The largest absolute Gasteiger partial charge is 0.311 e. The standard InChI is InChI=1S/C13H13NO/c1-9-6-12-7-10-4-2-3-5-11(10)8-14(12)13(9)15/h2-5,7-9,12H,6H2,1H3/t9?,12-/m0/s1. The van der Waals surface area contributed by atoms with Crippen LogP contribution in [0, 0.1) is 5.92 Å². The van der Waals surface area contributed by atoms with Gasteiger partial charge >= 0.3 is 0 Å². The summed E-state index contributed by atoms with van der Waals surface area (Å²) in [6.45, 7) is 2.01. The zero-order valence-corrected chi connectivity index (χ0v) is 8.68. The fourth-order valence-electron chi connectivity index (χ4n) is 2.44. The van der Waals surface area contributed by atoms with Crippen LogP contribution in [0.5, 0.6) is 0 Å². The number of amides is 1. The van der Waals surface area contributed by atoms with Crippen LogP contribution in [-0.4, -0.2) is 16.8 Å². The fourth-order valence-corrected chi connectivity index (χ4v) is 2.44. The van der Waals surface area contributed by atoms with Gasteiger partial charge in [-0.05, 0) is 16.9 Å². The molecule has 1 aromatic rings. The Balaban J connectivity index is 2.19. The molecule has 76 valence electrons. The quantitative estimate of drug-likeness (QED) is 0.594. The molecule has 1 amide bonds. The van der Waals surface area contributed by atoms with Crippen LogP contribution in [0.2, 0.25) is 0 Å². The molecule has 2 atom stereocenters. The highest BCUT2D eigenvalue weighted by atomic mass is 16.2. The van der Waals surface area contributed by atoms with Gasteiger partial charge in [0.15, 0.2) is 0 Å². The molecule has 2 heterocycles. The summed E-state index contributed by atoms with van der Waals surface area (Å²) in [7, 11) is 0. The van der Waals surface area contributed by atoms with Crippen molar-refractivity contribution < 1.29 is 4.79 Å². The van der Waals surface area contributed by atoms with E-state index in [2.05, 4.69) is 18.2 Å². The highest BCUT2D eigenvalue weighted by molar-refractivity contribution is 5.86. The third-order valence-electron chi connectivity index (χ3n) is 3.27. The highest BCUT2D eigenvalue weighted by Crippen LogP contribution is 2.26. The lowest BCUT2D eigenvalue weighted by Gasteiger charge is -2.20. The minimum Gasteiger partial charge on any atom is -0.311 e. The van der Waals surface area contributed by atoms with Gasteiger partial charge < -0.3 is 4.90 Å². The van der Waals surface area contributed by atoms with Crippen molar-refractivity contribution in [1.82, 2.24) is 4.90 Å². The topological polar surface area (TPSA) is 20.3 Å². The Kier molecular flexibility index (Phi) is 1.72. The van der Waals surface area contributed by atoms with Crippen molar-refractivity contribution in [3.63, 3.8) is 0 Å². The number of carbonyl (C=O) groups is 1. The fraction of sp³-hybridized carbons (Fsp3) is 0.308. The maximum Gasteiger partial charge on any atom is 0.230 e. The number of carbonyl (C=O) groups excluding carboxylic acids is 1. The Morgan fingerprint density at radius 3 is 2.80 bits per heavy atom. The van der Waals surface area contributed by atoms with Crippen molar-refractivity contribution in [3.8, 4) is 0 Å². The van der Waals surface area contributed by atoms with Crippen molar-refractivity contribution in [2.45, 2.75) is 19.4 Å². The summed E-state index contributed by atoms with van der Waals surface area (Å²) >= 11 is 0. The SMILES string of the molecule is CC1C[C@H]2C=c3ccccc3=CN2C1=O. The molecule has 0 spiro atoms. The van der Waals surface area contributed by atoms with Crippen LogP contribution in [-0.2, 0) is 4.79 Å². The molecule has 0 aliphatic carbocycles. The molecule has 2 heteroatoms. The minimum atomic E-state index is 0.164. The predicted octanol–water partition coefficient (Wildman–Crippen LogP) is 0.456. The van der Waals surface area contributed by atoms with E-state index in [1.54, 1.807) is 0 Å². The van der Waals surface area contributed by atoms with E-state index in [4.69, 9.17) is 0 Å². The third-order valence-corrected chi connectivity index (χ3v) is 3.27. The number of hydrogen-bond acceptors (Lipinski definition) is 1. The second-order valence-corrected chi connectivity index (χ2v) is 4.37. The van der Waals surface area contributed by atoms with Gasteiger partial charge in [0.1, 0.15) is 0 Å². The van der Waals surface area contributed by atoms with Crippen LogP contribution in [0.4, 0.5) is 0 Å². The molecule has 0 radical (unpaired) electrons. The number of benzene rings is 1. The lowest BCUT2D eigenvalue weighted by molar-refractivity contribution is -0.127. The Hall–Kier alpha value is -1.57. The molecule has 15 heavy (non-hydrogen) atoms. The number of rotatable bonds is 0. The van der Waals surface area contributed by atoms with Gasteiger partial charge in [0.2, 0.25) is 5.91 Å². The van der Waals surface area contributed by atoms with Crippen LogP contribution < -0.4 is 10.4 Å². The lowest BCUT2D eigenvalue weighted by Crippen LogP contribution is -2.39. The van der Waals surface area contributed by atoms with Gasteiger partial charge in [0.25, 0.3) is 0 Å². The molecule has 0 bridgehead atoms. The first-order chi connectivity index (χ1) is 7.25. The summed E-state index contributed by atoms with van der Waals surface area (Å²) in [4.78, 5) is 13.7. The van der Waals surface area contributed by atoms with Crippen LogP contribution >= 0.6 is 0 Å². The lowest BCUT2D eigenvalue weighted by atomic mass is 10.1. The van der Waals surface area contributed by atoms with Crippen molar-refractivity contribution in [1.29, 1.82) is 0 Å². The van der Waals surface area contributed by atoms with E-state index in [0.717, 1.165) is 11.6 Å². The molecule has 2 aliphatic rings. The minimum absolute atomic E-state index is 0.164. The number of nitrogens with zero attached hydrogens (tertiary/aromatic N) is 1. The molecule has 0 aromatic heterocycles. The van der Waals surface area contributed by atoms with E-state index >= 15 is 0 Å². The summed E-state index contributed by atoms with van der Waals surface area (Å²) in [5.74, 6) is 0.419. The van der Waals surface area contributed by atoms with Gasteiger partial charge in [-0.1, -0.05) is 37.3 Å². The van der Waals surface area contributed by atoms with Gasteiger partial charge in [-0.2, -0.15) is 0 Å². The van der Waals surface area contributed by atoms with E-state index in [0.29, 0.717) is 0 Å². The maximum atomic E-state index is 11.8. The van der Waals surface area contributed by atoms with Gasteiger partial charge in [-0.15, -0.1) is 0 Å². The van der Waals surface area contributed by atoms with Crippen LogP contribution in [0.1, 0.15) is 13.3 Å². The number of hydrogen-bond donors (Lipinski definition) is 0. The first-order valence-corrected chi connectivity index (χ1v) is 5.36. The molecule has 0 saturated carbocycles. The number of fused-ring (bicyclic) bond motifs is 2. The van der Waals surface area contributed by atoms with E-state index in [-0.39, 0.29) is 17.9 Å². The van der Waals surface area contributed by atoms with Crippen molar-refractivity contribution in [2.75, 3.05) is 0 Å². The summed E-state index contributed by atoms with van der Waals surface area (Å²) in [5, 5.41) is 2.40. The van der Waals surface area contributed by atoms with Gasteiger partial charge in [-0.3, -0.25) is 4.79 Å². The van der Waals surface area contributed by atoms with E-state index < -0.39 is 0 Å². The Morgan fingerprint density at radius 1 is 1.27 bits per heavy atom. The zero-order chi connectivity index (χ0) is 10.4. The van der Waals surface area contributed by atoms with E-state index in [1.165, 1.54) is 5.22 Å². The normalized spacial score (nSPS) is 27.8. The molecule has 2 nitrogen and oxygen atoms in total. The summed E-state index contributed by atoms with van der Waals surface area (Å²) < 4.78 is 0. The summed E-state index contributed by atoms with van der Waals surface area (Å²) in [6.07, 6.45) is 5.15. The van der Waals surface area contributed by atoms with Gasteiger partial charge in [-0.25, -0.2) is 0 Å². The molecular formula is C13H13NO. The molecule has 1 fully saturated rings. The maximum absolute atomic E-state index is 11.8. The summed E-state index contributed by atoms with van der Waals surface area (Å²) in [5.41, 5.74) is 0. The van der Waals surface area contributed by atoms with Crippen molar-refractivity contribution in [3.05, 3.63) is 34.7 Å². The zero-order valence-electron chi connectivity index (χ0n) is 8.68. The second-order valence-electron chi connectivity index (χ2n) is 4.37. The molecule has 3 rings (SSSR count). The highest BCUT2D eigenvalue weighted by Gasteiger charge is 2.35. The smallest absolute Gasteiger partial charge is 0.230 e. The molecule has 1 aromatic carbocycles. The average molecular weight is 199 g/mol. The first-order valence-electron chi connectivity index (χ1n) is 5.36. The van der Waals surface area contributed by atoms with Crippen molar-refractivity contribution in [2.24, 2.45) is 5.92 Å². The molecular weight excluding hydrogens is 186 g/mol. The first kappa shape index (κ1) is 8.72. The van der Waals surface area contributed by atoms with Crippen LogP contribution in [0.3, 0.4) is 0 Å². The Labute approximate surface area is 88.5 Å². The van der Waals surface area contributed by atoms with Gasteiger partial charge in [0, 0.05) is 12.1 Å². The summed E-state index contributed by atoms with van der Waals surface area (Å²) in [6, 6.07) is 8.49. The third kappa shape index (κ3) is 1.21. The van der Waals surface area contributed by atoms with Crippen molar-refractivity contribution >= 4 is 18.2 Å². The molecule has 2 aliphatic heterocycles. The average Bonchev–Trinajstić information content (AvgIpc) is 2.52. The second kappa shape index (κ2) is 2.96. The van der Waals surface area contributed by atoms with Crippen LogP contribution in [0.25, 0.3) is 12.3 Å². The predicted molar refractivity (Wildman–Crippen MR) is 59.0 cm³/mol.